The van der Waals surface area contributed by atoms with Gasteiger partial charge in [0.1, 0.15) is 0 Å². The lowest BCUT2D eigenvalue weighted by Crippen LogP contribution is -2.32. The van der Waals surface area contributed by atoms with E-state index in [-0.39, 0.29) is 5.69 Å². The molecular formula is C26H28F3N3O3. The van der Waals surface area contributed by atoms with Gasteiger partial charge in [-0.15, -0.1) is 0 Å². The van der Waals surface area contributed by atoms with Crippen LogP contribution in [0.4, 0.5) is 29.3 Å². The Labute approximate surface area is 202 Å². The number of urea groups is 1. The number of likely N-dealkylation sites (tertiary alicyclic amines) is 1. The minimum absolute atomic E-state index is 0.320. The van der Waals surface area contributed by atoms with Crippen LogP contribution in [0, 0.1) is 5.92 Å². The van der Waals surface area contributed by atoms with E-state index in [0.29, 0.717) is 35.1 Å². The largest absolute Gasteiger partial charge is 0.493 e. The Bertz CT molecular complexity index is 1190. The highest BCUT2D eigenvalue weighted by Gasteiger charge is 2.33. The predicted molar refractivity (Wildman–Crippen MR) is 130 cm³/mol. The lowest BCUT2D eigenvalue weighted by molar-refractivity contribution is -0.136. The fourth-order valence-corrected chi connectivity index (χ4v) is 4.22. The second-order valence-corrected chi connectivity index (χ2v) is 8.71. The van der Waals surface area contributed by atoms with Crippen molar-refractivity contribution in [3.63, 3.8) is 0 Å². The summed E-state index contributed by atoms with van der Waals surface area (Å²) in [5.41, 5.74) is -0.800. The Balaban J connectivity index is 1.52. The highest BCUT2D eigenvalue weighted by atomic mass is 19.4. The van der Waals surface area contributed by atoms with Crippen molar-refractivity contribution in [3.8, 4) is 11.5 Å². The van der Waals surface area contributed by atoms with Gasteiger partial charge in [0.25, 0.3) is 0 Å². The summed E-state index contributed by atoms with van der Waals surface area (Å²) in [5.74, 6) is 1.60. The number of hydrogen-bond acceptors (Lipinski definition) is 4. The average molecular weight is 488 g/mol. The average Bonchev–Trinajstić information content (AvgIpc) is 2.83. The van der Waals surface area contributed by atoms with Crippen LogP contribution in [-0.2, 0) is 6.18 Å². The van der Waals surface area contributed by atoms with Crippen molar-refractivity contribution in [1.82, 2.24) is 4.90 Å². The molecule has 2 N–H and O–H groups in total. The zero-order valence-corrected chi connectivity index (χ0v) is 19.6. The molecule has 0 unspecified atom stereocenters. The molecule has 1 heterocycles. The molecule has 0 saturated carbocycles. The van der Waals surface area contributed by atoms with Gasteiger partial charge in [-0.3, -0.25) is 0 Å². The van der Waals surface area contributed by atoms with Crippen molar-refractivity contribution in [2.45, 2.75) is 19.0 Å². The first-order chi connectivity index (χ1) is 16.7. The zero-order valence-electron chi connectivity index (χ0n) is 19.6. The molecule has 1 fully saturated rings. The van der Waals surface area contributed by atoms with Gasteiger partial charge in [0, 0.05) is 5.39 Å². The van der Waals surface area contributed by atoms with E-state index in [1.54, 1.807) is 25.3 Å². The van der Waals surface area contributed by atoms with Crippen molar-refractivity contribution in [1.29, 1.82) is 0 Å². The van der Waals surface area contributed by atoms with Crippen LogP contribution in [0.5, 0.6) is 11.5 Å². The molecule has 3 aromatic rings. The number of hydrogen-bond donors (Lipinski definition) is 2. The van der Waals surface area contributed by atoms with Crippen LogP contribution in [0.1, 0.15) is 18.4 Å². The monoisotopic (exact) mass is 487 g/mol. The standard InChI is InChI=1S/C26H28F3N3O3/c1-32-12-10-17(11-13-32)16-35-24-14-18-6-5-9-21(19(18)15-23(24)34-2)30-25(33)31-22-8-4-3-7-20(22)26(27,28)29/h3-9,14-15,17H,10-13,16H2,1-2H3,(H2,30,31,33). The van der Waals surface area contributed by atoms with Crippen molar-refractivity contribution >= 4 is 28.2 Å². The molecule has 3 aromatic carbocycles. The van der Waals surface area contributed by atoms with Gasteiger partial charge in [-0.05, 0) is 74.6 Å². The number of nitrogens with one attached hydrogen (secondary N) is 2. The third-order valence-electron chi connectivity index (χ3n) is 6.21. The molecule has 9 heteroatoms. The fourth-order valence-electron chi connectivity index (χ4n) is 4.22. The van der Waals surface area contributed by atoms with Crippen molar-refractivity contribution in [3.05, 3.63) is 60.2 Å². The van der Waals surface area contributed by atoms with Crippen LogP contribution in [0.15, 0.2) is 54.6 Å². The van der Waals surface area contributed by atoms with Gasteiger partial charge in [0.2, 0.25) is 0 Å². The molecular weight excluding hydrogens is 459 g/mol. The third kappa shape index (κ3) is 5.97. The summed E-state index contributed by atoms with van der Waals surface area (Å²) in [4.78, 5) is 14.9. The number of ether oxygens (including phenoxy) is 2. The number of carbonyl (C=O) groups excluding carboxylic acids is 1. The number of amides is 2. The quantitative estimate of drug-likeness (QED) is 0.433. The van der Waals surface area contributed by atoms with Gasteiger partial charge in [0.15, 0.2) is 11.5 Å². The Morgan fingerprint density at radius 3 is 2.40 bits per heavy atom. The van der Waals surface area contributed by atoms with Crippen molar-refractivity contribution in [2.75, 3.05) is 44.5 Å². The maximum absolute atomic E-state index is 13.3. The maximum atomic E-state index is 13.3. The molecule has 1 aliphatic heterocycles. The van der Waals surface area contributed by atoms with E-state index >= 15 is 0 Å². The highest BCUT2D eigenvalue weighted by Crippen LogP contribution is 2.37. The van der Waals surface area contributed by atoms with E-state index < -0.39 is 17.8 Å². The van der Waals surface area contributed by atoms with Crippen LogP contribution in [0.25, 0.3) is 10.8 Å². The lowest BCUT2D eigenvalue weighted by atomic mass is 9.98. The number of anilines is 2. The summed E-state index contributed by atoms with van der Waals surface area (Å²) >= 11 is 0. The van der Waals surface area contributed by atoms with Gasteiger partial charge in [-0.2, -0.15) is 13.2 Å². The Hall–Kier alpha value is -3.46. The predicted octanol–water partition coefficient (Wildman–Crippen LogP) is 6.23. The van der Waals surface area contributed by atoms with Crippen molar-refractivity contribution < 1.29 is 27.4 Å². The molecule has 35 heavy (non-hydrogen) atoms. The van der Waals surface area contributed by atoms with E-state index in [2.05, 4.69) is 22.6 Å². The Kier molecular flexibility index (Phi) is 7.35. The van der Waals surface area contributed by atoms with Crippen LogP contribution in [0.2, 0.25) is 0 Å². The highest BCUT2D eigenvalue weighted by molar-refractivity contribution is 6.07. The number of fused-ring (bicyclic) bond motifs is 1. The maximum Gasteiger partial charge on any atom is 0.418 e. The molecule has 1 aliphatic rings. The molecule has 0 spiro atoms. The normalized spacial score (nSPS) is 15.1. The molecule has 6 nitrogen and oxygen atoms in total. The minimum Gasteiger partial charge on any atom is -0.493 e. The molecule has 0 aliphatic carbocycles. The van der Waals surface area contributed by atoms with Gasteiger partial charge in [-0.25, -0.2) is 4.79 Å². The number of halogens is 3. The molecule has 1 saturated heterocycles. The number of carbonyl (C=O) groups is 1. The fraction of sp³-hybridized carbons (Fsp3) is 0.346. The van der Waals surface area contributed by atoms with Crippen molar-refractivity contribution in [2.24, 2.45) is 5.92 Å². The van der Waals surface area contributed by atoms with Gasteiger partial charge in [0.05, 0.1) is 30.7 Å². The zero-order chi connectivity index (χ0) is 25.0. The molecule has 0 radical (unpaired) electrons. The summed E-state index contributed by atoms with van der Waals surface area (Å²) in [6.07, 6.45) is -2.43. The Morgan fingerprint density at radius 2 is 1.69 bits per heavy atom. The molecule has 0 aromatic heterocycles. The van der Waals surface area contributed by atoms with Crippen LogP contribution in [0.3, 0.4) is 0 Å². The summed E-state index contributed by atoms with van der Waals surface area (Å²) < 4.78 is 51.4. The van der Waals surface area contributed by atoms with E-state index in [1.807, 2.05) is 12.1 Å². The lowest BCUT2D eigenvalue weighted by Gasteiger charge is -2.29. The topological polar surface area (TPSA) is 62.8 Å². The Morgan fingerprint density at radius 1 is 1.00 bits per heavy atom. The second kappa shape index (κ2) is 10.4. The SMILES string of the molecule is COc1cc2c(NC(=O)Nc3ccccc3C(F)(F)F)cccc2cc1OCC1CCN(C)CC1. The number of nitrogens with zero attached hydrogens (tertiary/aromatic N) is 1. The first kappa shape index (κ1) is 24.7. The first-order valence-electron chi connectivity index (χ1n) is 11.4. The molecule has 4 rings (SSSR count). The van der Waals surface area contributed by atoms with Gasteiger partial charge in [-0.1, -0.05) is 24.3 Å². The van der Waals surface area contributed by atoms with Gasteiger partial charge >= 0.3 is 12.2 Å². The number of methoxy groups -OCH3 is 1. The molecule has 186 valence electrons. The molecule has 2 amide bonds. The van der Waals surface area contributed by atoms with Crippen LogP contribution < -0.4 is 20.1 Å². The summed E-state index contributed by atoms with van der Waals surface area (Å²) in [6.45, 7) is 2.69. The molecule has 0 bridgehead atoms. The summed E-state index contributed by atoms with van der Waals surface area (Å²) in [7, 11) is 3.66. The van der Waals surface area contributed by atoms with Crippen LogP contribution in [-0.4, -0.2) is 44.8 Å². The summed E-state index contributed by atoms with van der Waals surface area (Å²) in [6, 6.07) is 13.0. The second-order valence-electron chi connectivity index (χ2n) is 8.71. The van der Waals surface area contributed by atoms with Gasteiger partial charge < -0.3 is 25.0 Å². The third-order valence-corrected chi connectivity index (χ3v) is 6.21. The molecule has 0 atom stereocenters. The number of rotatable bonds is 6. The van der Waals surface area contributed by atoms with Crippen LogP contribution >= 0.6 is 0 Å². The summed E-state index contributed by atoms with van der Waals surface area (Å²) in [5, 5.41) is 6.43. The number of para-hydroxylation sites is 1. The van der Waals surface area contributed by atoms with E-state index in [9.17, 15) is 18.0 Å². The smallest absolute Gasteiger partial charge is 0.418 e. The number of piperidine rings is 1. The number of benzene rings is 3. The van der Waals surface area contributed by atoms with E-state index in [0.717, 1.165) is 37.4 Å². The number of alkyl halides is 3. The van der Waals surface area contributed by atoms with E-state index in [1.165, 1.54) is 18.2 Å². The van der Waals surface area contributed by atoms with E-state index in [4.69, 9.17) is 9.47 Å². The first-order valence-corrected chi connectivity index (χ1v) is 11.4. The minimum atomic E-state index is -4.58.